The lowest BCUT2D eigenvalue weighted by Gasteiger charge is -2.23. The van der Waals surface area contributed by atoms with E-state index in [4.69, 9.17) is 26.8 Å². The summed E-state index contributed by atoms with van der Waals surface area (Å²) in [5.41, 5.74) is 7.19. The van der Waals surface area contributed by atoms with Crippen molar-refractivity contribution in [3.05, 3.63) is 53.1 Å². The molecule has 25 heavy (non-hydrogen) atoms. The predicted octanol–water partition coefficient (Wildman–Crippen LogP) is 3.66. The fourth-order valence-corrected chi connectivity index (χ4v) is 2.55. The number of ether oxygens (including phenoxy) is 2. The average Bonchev–Trinajstić information content (AvgIpc) is 2.60. The minimum Gasteiger partial charge on any atom is -0.495 e. The lowest BCUT2D eigenvalue weighted by Crippen LogP contribution is -2.35. The molecule has 0 fully saturated rings. The Morgan fingerprint density at radius 2 is 1.88 bits per heavy atom. The van der Waals surface area contributed by atoms with Crippen LogP contribution in [0.3, 0.4) is 0 Å². The molecule has 2 aromatic carbocycles. The molecule has 0 saturated heterocycles. The third kappa shape index (κ3) is 5.53. The van der Waals surface area contributed by atoms with Gasteiger partial charge in [0, 0.05) is 5.69 Å². The van der Waals surface area contributed by atoms with Gasteiger partial charge in [0.05, 0.1) is 31.8 Å². The summed E-state index contributed by atoms with van der Waals surface area (Å²) in [5.74, 6) is 1.16. The summed E-state index contributed by atoms with van der Waals surface area (Å²) < 4.78 is 10.6. The molecule has 2 aromatic rings. The molecular weight excluding hydrogens is 363 g/mol. The fraction of sp³-hybridized carbons (Fsp3) is 0.278. The third-order valence-corrected chi connectivity index (χ3v) is 3.79. The Balaban J connectivity index is 0.00000312. The molecule has 0 aliphatic carbocycles. The maximum absolute atomic E-state index is 12.3. The summed E-state index contributed by atoms with van der Waals surface area (Å²) in [6, 6.07) is 12.8. The van der Waals surface area contributed by atoms with Crippen LogP contribution in [-0.2, 0) is 11.3 Å². The van der Waals surface area contributed by atoms with E-state index in [9.17, 15) is 4.79 Å². The number of hydrogen-bond acceptors (Lipinski definition) is 4. The van der Waals surface area contributed by atoms with Crippen LogP contribution in [0, 0.1) is 0 Å². The van der Waals surface area contributed by atoms with Gasteiger partial charge < -0.3 is 20.1 Å². The molecular formula is C18H22Cl2N2O3. The van der Waals surface area contributed by atoms with Gasteiger partial charge in [-0.05, 0) is 42.8 Å². The zero-order valence-electron chi connectivity index (χ0n) is 14.2. The summed E-state index contributed by atoms with van der Waals surface area (Å²) in [6.07, 6.45) is 0. The van der Waals surface area contributed by atoms with Crippen LogP contribution in [0.2, 0.25) is 5.02 Å². The molecule has 0 bridgehead atoms. The summed E-state index contributed by atoms with van der Waals surface area (Å²) in [4.78, 5) is 13.9. The van der Waals surface area contributed by atoms with Crippen LogP contribution >= 0.6 is 24.0 Å². The Morgan fingerprint density at radius 1 is 1.20 bits per heavy atom. The molecule has 0 spiro atoms. The average molecular weight is 385 g/mol. The molecule has 136 valence electrons. The van der Waals surface area contributed by atoms with E-state index < -0.39 is 0 Å². The van der Waals surface area contributed by atoms with Gasteiger partial charge in [0.2, 0.25) is 5.91 Å². The molecule has 0 atom stereocenters. The van der Waals surface area contributed by atoms with Crippen LogP contribution in [0.5, 0.6) is 11.5 Å². The van der Waals surface area contributed by atoms with Crippen LogP contribution in [0.25, 0.3) is 0 Å². The molecule has 2 rings (SSSR count). The van der Waals surface area contributed by atoms with Crippen molar-refractivity contribution in [2.24, 2.45) is 5.73 Å². The van der Waals surface area contributed by atoms with E-state index in [1.807, 2.05) is 31.2 Å². The van der Waals surface area contributed by atoms with E-state index in [2.05, 4.69) is 0 Å². The molecule has 0 aromatic heterocycles. The number of benzene rings is 2. The zero-order chi connectivity index (χ0) is 17.5. The minimum absolute atomic E-state index is 0. The van der Waals surface area contributed by atoms with E-state index in [-0.39, 0.29) is 24.9 Å². The zero-order valence-corrected chi connectivity index (χ0v) is 15.8. The SMILES string of the molecule is CCOc1ccc(CN(C(=O)CN)c2ccc(OC)c(Cl)c2)cc1.Cl. The van der Waals surface area contributed by atoms with Crippen LogP contribution in [0.15, 0.2) is 42.5 Å². The number of carbonyl (C=O) groups is 1. The molecule has 0 aliphatic rings. The number of rotatable bonds is 7. The Kier molecular flexibility index (Phi) is 8.55. The van der Waals surface area contributed by atoms with Crippen molar-refractivity contribution >= 4 is 35.6 Å². The first-order valence-corrected chi connectivity index (χ1v) is 8.02. The summed E-state index contributed by atoms with van der Waals surface area (Å²) in [6.45, 7) is 2.86. The van der Waals surface area contributed by atoms with Crippen molar-refractivity contribution in [1.82, 2.24) is 0 Å². The van der Waals surface area contributed by atoms with Gasteiger partial charge in [-0.3, -0.25) is 4.79 Å². The molecule has 0 heterocycles. The Hall–Kier alpha value is -1.95. The molecule has 1 amide bonds. The smallest absolute Gasteiger partial charge is 0.241 e. The number of nitrogens with two attached hydrogens (primary N) is 1. The Bertz CT molecular complexity index is 693. The van der Waals surface area contributed by atoms with Gasteiger partial charge >= 0.3 is 0 Å². The molecule has 0 aliphatic heterocycles. The summed E-state index contributed by atoms with van der Waals surface area (Å²) in [5, 5.41) is 0.441. The van der Waals surface area contributed by atoms with E-state index >= 15 is 0 Å². The van der Waals surface area contributed by atoms with Crippen molar-refractivity contribution in [3.63, 3.8) is 0 Å². The second kappa shape index (κ2) is 10.1. The topological polar surface area (TPSA) is 64.8 Å². The fourth-order valence-electron chi connectivity index (χ4n) is 2.30. The minimum atomic E-state index is -0.190. The molecule has 2 N–H and O–H groups in total. The first-order valence-electron chi connectivity index (χ1n) is 7.64. The second-order valence-electron chi connectivity index (χ2n) is 5.08. The van der Waals surface area contributed by atoms with Crippen LogP contribution in [0.4, 0.5) is 5.69 Å². The molecule has 5 nitrogen and oxygen atoms in total. The lowest BCUT2D eigenvalue weighted by molar-refractivity contribution is -0.117. The highest BCUT2D eigenvalue weighted by Gasteiger charge is 2.16. The first-order chi connectivity index (χ1) is 11.6. The third-order valence-electron chi connectivity index (χ3n) is 3.50. The van der Waals surface area contributed by atoms with Gasteiger partial charge in [-0.1, -0.05) is 23.7 Å². The Labute approximate surface area is 159 Å². The van der Waals surface area contributed by atoms with Crippen molar-refractivity contribution < 1.29 is 14.3 Å². The molecule has 0 saturated carbocycles. The standard InChI is InChI=1S/C18H21ClN2O3.ClH/c1-3-24-15-7-4-13(5-8-15)12-21(18(22)11-20)14-6-9-17(23-2)16(19)10-14;/h4-10H,3,11-12,20H2,1-2H3;1H. The lowest BCUT2D eigenvalue weighted by atomic mass is 10.1. The number of carbonyl (C=O) groups excluding carboxylic acids is 1. The largest absolute Gasteiger partial charge is 0.495 e. The highest BCUT2D eigenvalue weighted by atomic mass is 35.5. The van der Waals surface area contributed by atoms with Crippen LogP contribution < -0.4 is 20.1 Å². The van der Waals surface area contributed by atoms with E-state index in [0.717, 1.165) is 11.3 Å². The number of hydrogen-bond donors (Lipinski definition) is 1. The van der Waals surface area contributed by atoms with Crippen molar-refractivity contribution in [1.29, 1.82) is 0 Å². The summed E-state index contributed by atoms with van der Waals surface area (Å²) >= 11 is 6.17. The molecule has 7 heteroatoms. The van der Waals surface area contributed by atoms with E-state index in [1.165, 1.54) is 0 Å². The van der Waals surface area contributed by atoms with Crippen molar-refractivity contribution in [2.75, 3.05) is 25.2 Å². The Morgan fingerprint density at radius 3 is 2.40 bits per heavy atom. The number of methoxy groups -OCH3 is 1. The van der Waals surface area contributed by atoms with Crippen molar-refractivity contribution in [2.45, 2.75) is 13.5 Å². The van der Waals surface area contributed by atoms with E-state index in [1.54, 1.807) is 30.2 Å². The molecule has 0 radical (unpaired) electrons. The van der Waals surface area contributed by atoms with Gasteiger partial charge in [0.25, 0.3) is 0 Å². The molecule has 0 unspecified atom stereocenters. The highest BCUT2D eigenvalue weighted by molar-refractivity contribution is 6.32. The van der Waals surface area contributed by atoms with Crippen LogP contribution in [0.1, 0.15) is 12.5 Å². The van der Waals surface area contributed by atoms with Gasteiger partial charge in [-0.2, -0.15) is 0 Å². The van der Waals surface area contributed by atoms with Crippen LogP contribution in [-0.4, -0.2) is 26.2 Å². The number of halogens is 2. The normalized spacial score (nSPS) is 9.92. The second-order valence-corrected chi connectivity index (χ2v) is 5.49. The van der Waals surface area contributed by atoms with Gasteiger partial charge in [0.1, 0.15) is 11.5 Å². The van der Waals surface area contributed by atoms with Gasteiger partial charge in [-0.25, -0.2) is 0 Å². The quantitative estimate of drug-likeness (QED) is 0.790. The maximum atomic E-state index is 12.3. The summed E-state index contributed by atoms with van der Waals surface area (Å²) in [7, 11) is 1.55. The number of amides is 1. The monoisotopic (exact) mass is 384 g/mol. The number of anilines is 1. The number of nitrogens with zero attached hydrogens (tertiary/aromatic N) is 1. The van der Waals surface area contributed by atoms with Gasteiger partial charge in [-0.15, -0.1) is 12.4 Å². The van der Waals surface area contributed by atoms with E-state index in [0.29, 0.717) is 29.6 Å². The van der Waals surface area contributed by atoms with Crippen molar-refractivity contribution in [3.8, 4) is 11.5 Å². The maximum Gasteiger partial charge on any atom is 0.241 e. The highest BCUT2D eigenvalue weighted by Crippen LogP contribution is 2.30. The predicted molar refractivity (Wildman–Crippen MR) is 103 cm³/mol. The van der Waals surface area contributed by atoms with Gasteiger partial charge in [0.15, 0.2) is 0 Å². The first kappa shape index (κ1) is 21.1.